The predicted octanol–water partition coefficient (Wildman–Crippen LogP) is 3.74. The summed E-state index contributed by atoms with van der Waals surface area (Å²) >= 11 is 5.89. The number of amides is 2. The van der Waals surface area contributed by atoms with Gasteiger partial charge in [0.05, 0.1) is 0 Å². The third-order valence-electron chi connectivity index (χ3n) is 4.50. The number of hydrogen-bond acceptors (Lipinski definition) is 5. The Bertz CT molecular complexity index is 964. The first kappa shape index (κ1) is 21.8. The van der Waals surface area contributed by atoms with Crippen LogP contribution in [0.2, 0.25) is 5.02 Å². The summed E-state index contributed by atoms with van der Waals surface area (Å²) in [5.74, 6) is -0.639. The molecule has 0 atom stereocenters. The van der Waals surface area contributed by atoms with Gasteiger partial charge in [0.15, 0.2) is 6.61 Å². The maximum absolute atomic E-state index is 12.4. The molecule has 1 aliphatic rings. The summed E-state index contributed by atoms with van der Waals surface area (Å²) < 4.78 is 41.2. The van der Waals surface area contributed by atoms with Gasteiger partial charge in [-0.25, -0.2) is 9.97 Å². The Morgan fingerprint density at radius 3 is 2.63 bits per heavy atom. The number of hydrogen-bond donors (Lipinski definition) is 2. The molecule has 0 aromatic carbocycles. The quantitative estimate of drug-likeness (QED) is 0.681. The van der Waals surface area contributed by atoms with E-state index in [1.807, 2.05) is 6.92 Å². The van der Waals surface area contributed by atoms with Crippen molar-refractivity contribution < 1.29 is 27.5 Å². The van der Waals surface area contributed by atoms with Crippen molar-refractivity contribution in [2.24, 2.45) is 5.41 Å². The minimum atomic E-state index is -4.50. The number of nitrogens with one attached hydrogen (secondary N) is 2. The Kier molecular flexibility index (Phi) is 6.16. The van der Waals surface area contributed by atoms with Gasteiger partial charge >= 0.3 is 6.18 Å². The highest BCUT2D eigenvalue weighted by Crippen LogP contribution is 2.45. The van der Waals surface area contributed by atoms with Crippen molar-refractivity contribution in [3.8, 4) is 5.88 Å². The fourth-order valence-electron chi connectivity index (χ4n) is 2.42. The van der Waals surface area contributed by atoms with Gasteiger partial charge in [-0.15, -0.1) is 0 Å². The van der Waals surface area contributed by atoms with E-state index in [0.29, 0.717) is 5.56 Å². The van der Waals surface area contributed by atoms with E-state index in [0.717, 1.165) is 12.8 Å². The van der Waals surface area contributed by atoms with E-state index < -0.39 is 18.7 Å². The number of halogens is 4. The molecule has 7 nitrogen and oxygen atoms in total. The van der Waals surface area contributed by atoms with Crippen LogP contribution in [0.15, 0.2) is 30.6 Å². The van der Waals surface area contributed by atoms with E-state index in [2.05, 4.69) is 25.3 Å². The summed E-state index contributed by atoms with van der Waals surface area (Å²) in [6.07, 6.45) is -0.209. The van der Waals surface area contributed by atoms with Crippen LogP contribution in [0.1, 0.15) is 35.7 Å². The highest BCUT2D eigenvalue weighted by Gasteiger charge is 2.45. The normalized spacial score (nSPS) is 14.7. The van der Waals surface area contributed by atoms with Crippen molar-refractivity contribution in [1.29, 1.82) is 0 Å². The van der Waals surface area contributed by atoms with Crippen LogP contribution in [0, 0.1) is 5.41 Å². The van der Waals surface area contributed by atoms with Gasteiger partial charge in [0, 0.05) is 29.9 Å². The molecule has 0 radical (unpaired) electrons. The van der Waals surface area contributed by atoms with Gasteiger partial charge in [0.25, 0.3) is 5.91 Å². The largest absolute Gasteiger partial charge is 0.467 e. The third kappa shape index (κ3) is 5.82. The van der Waals surface area contributed by atoms with Gasteiger partial charge in [-0.05, 0) is 36.6 Å². The molecule has 0 saturated heterocycles. The molecular formula is C19H18ClF3N4O3. The molecule has 160 valence electrons. The van der Waals surface area contributed by atoms with Crippen LogP contribution >= 0.6 is 11.6 Å². The smallest absolute Gasteiger partial charge is 0.422 e. The molecule has 2 amide bonds. The molecule has 1 saturated carbocycles. The van der Waals surface area contributed by atoms with Gasteiger partial charge < -0.3 is 15.4 Å². The lowest BCUT2D eigenvalue weighted by Gasteiger charge is -2.11. The van der Waals surface area contributed by atoms with Crippen LogP contribution < -0.4 is 15.4 Å². The van der Waals surface area contributed by atoms with Crippen LogP contribution in [-0.2, 0) is 11.3 Å². The van der Waals surface area contributed by atoms with Gasteiger partial charge in [-0.3, -0.25) is 9.59 Å². The third-order valence-corrected chi connectivity index (χ3v) is 4.77. The Labute approximate surface area is 175 Å². The van der Waals surface area contributed by atoms with Crippen molar-refractivity contribution in [3.63, 3.8) is 0 Å². The Morgan fingerprint density at radius 2 is 2.00 bits per heavy atom. The number of rotatable bonds is 7. The van der Waals surface area contributed by atoms with Gasteiger partial charge in [-0.1, -0.05) is 18.5 Å². The number of aromatic nitrogens is 2. The molecule has 0 bridgehead atoms. The molecule has 3 rings (SSSR count). The van der Waals surface area contributed by atoms with Crippen LogP contribution in [0.3, 0.4) is 0 Å². The van der Waals surface area contributed by atoms with E-state index >= 15 is 0 Å². The van der Waals surface area contributed by atoms with Crippen molar-refractivity contribution >= 4 is 29.2 Å². The summed E-state index contributed by atoms with van der Waals surface area (Å²) in [6.45, 7) is 0.389. The van der Waals surface area contributed by atoms with Crippen molar-refractivity contribution in [2.45, 2.75) is 32.5 Å². The van der Waals surface area contributed by atoms with E-state index in [9.17, 15) is 22.8 Å². The molecular weight excluding hydrogens is 425 g/mol. The molecule has 0 aliphatic heterocycles. The zero-order valence-electron chi connectivity index (χ0n) is 15.8. The first-order chi connectivity index (χ1) is 14.1. The van der Waals surface area contributed by atoms with Crippen LogP contribution in [0.25, 0.3) is 0 Å². The van der Waals surface area contributed by atoms with Gasteiger partial charge in [-0.2, -0.15) is 13.2 Å². The summed E-state index contributed by atoms with van der Waals surface area (Å²) in [4.78, 5) is 32.3. The molecule has 1 aliphatic carbocycles. The molecule has 2 heterocycles. The van der Waals surface area contributed by atoms with Crippen LogP contribution in [0.4, 0.5) is 19.0 Å². The number of nitrogens with zero attached hydrogens (tertiary/aromatic N) is 2. The fourth-order valence-corrected chi connectivity index (χ4v) is 2.67. The number of ether oxygens (including phenoxy) is 1. The highest BCUT2D eigenvalue weighted by molar-refractivity contribution is 6.31. The molecule has 2 aromatic rings. The predicted molar refractivity (Wildman–Crippen MR) is 102 cm³/mol. The zero-order chi connectivity index (χ0) is 21.9. The van der Waals surface area contributed by atoms with Crippen molar-refractivity contribution in [1.82, 2.24) is 15.3 Å². The standard InChI is InChI=1S/C19H18ClF3N4O3/c1-18(3-4-18)17(29)27-14-7-12(2-5-24-14)15(28)25-8-11-6-13(20)16(26-9-11)30-10-19(21,22)23/h2,5-7,9H,3-4,8,10H2,1H3,(H,25,28)(H,24,27,29). The Hall–Kier alpha value is -2.88. The summed E-state index contributed by atoms with van der Waals surface area (Å²) in [7, 11) is 0. The molecule has 30 heavy (non-hydrogen) atoms. The minimum Gasteiger partial charge on any atom is -0.467 e. The maximum atomic E-state index is 12.4. The molecule has 2 aromatic heterocycles. The second-order valence-electron chi connectivity index (χ2n) is 7.16. The number of carbonyl (C=O) groups is 2. The number of pyridine rings is 2. The average molecular weight is 443 g/mol. The minimum absolute atomic E-state index is 0.0349. The second kappa shape index (κ2) is 8.47. The lowest BCUT2D eigenvalue weighted by atomic mass is 10.1. The van der Waals surface area contributed by atoms with Crippen LogP contribution in [-0.4, -0.2) is 34.6 Å². The lowest BCUT2D eigenvalue weighted by Crippen LogP contribution is -2.24. The molecule has 1 fully saturated rings. The fraction of sp³-hybridized carbons (Fsp3) is 0.368. The summed E-state index contributed by atoms with van der Waals surface area (Å²) in [6, 6.07) is 4.30. The average Bonchev–Trinajstić information content (AvgIpc) is 3.43. The van der Waals surface area contributed by atoms with Gasteiger partial charge in [0.1, 0.15) is 10.8 Å². The Morgan fingerprint density at radius 1 is 1.27 bits per heavy atom. The lowest BCUT2D eigenvalue weighted by molar-refractivity contribution is -0.154. The molecule has 11 heteroatoms. The van der Waals surface area contributed by atoms with Gasteiger partial charge in [0.2, 0.25) is 11.8 Å². The zero-order valence-corrected chi connectivity index (χ0v) is 16.6. The monoisotopic (exact) mass is 442 g/mol. The SMILES string of the molecule is CC1(C(=O)Nc2cc(C(=O)NCc3cnc(OCC(F)(F)F)c(Cl)c3)ccn2)CC1. The second-order valence-corrected chi connectivity index (χ2v) is 7.57. The van der Waals surface area contributed by atoms with Crippen LogP contribution in [0.5, 0.6) is 5.88 Å². The summed E-state index contributed by atoms with van der Waals surface area (Å²) in [5, 5.41) is 5.24. The number of carbonyl (C=O) groups excluding carboxylic acids is 2. The first-order valence-electron chi connectivity index (χ1n) is 8.95. The van der Waals surface area contributed by atoms with E-state index in [1.165, 1.54) is 30.6 Å². The molecule has 2 N–H and O–H groups in total. The highest BCUT2D eigenvalue weighted by atomic mass is 35.5. The van der Waals surface area contributed by atoms with Crippen molar-refractivity contribution in [2.75, 3.05) is 11.9 Å². The van der Waals surface area contributed by atoms with Crippen molar-refractivity contribution in [3.05, 3.63) is 46.7 Å². The van der Waals surface area contributed by atoms with E-state index in [1.54, 1.807) is 0 Å². The Balaban J connectivity index is 1.57. The number of alkyl halides is 3. The molecule has 0 spiro atoms. The topological polar surface area (TPSA) is 93.2 Å². The summed E-state index contributed by atoms with van der Waals surface area (Å²) in [5.41, 5.74) is 0.379. The first-order valence-corrected chi connectivity index (χ1v) is 9.33. The van der Waals surface area contributed by atoms with E-state index in [4.69, 9.17) is 11.6 Å². The van der Waals surface area contributed by atoms with E-state index in [-0.39, 0.29) is 40.2 Å². The molecule has 0 unspecified atom stereocenters. The number of anilines is 1. The maximum Gasteiger partial charge on any atom is 0.422 e.